The Kier molecular flexibility index (Phi) is 4.41. The van der Waals surface area contributed by atoms with Crippen LogP contribution in [0, 0.1) is 17.8 Å². The zero-order valence-electron chi connectivity index (χ0n) is 14.2. The standard InChI is InChI=1S/C20H28N2O/c1-23-20-4-2-3-17(13-20)14-21-7-9-22(10-8-21)15-19-12-16-5-6-18(19)11-16/h2-6,13,16,18-19H,7-12,14-15H2,1H3/t16-,18-,19+/m0/s1. The molecule has 3 aliphatic rings. The maximum Gasteiger partial charge on any atom is 0.119 e. The van der Waals surface area contributed by atoms with Crippen LogP contribution in [0.25, 0.3) is 0 Å². The minimum absolute atomic E-state index is 0.884. The van der Waals surface area contributed by atoms with Crippen molar-refractivity contribution in [3.63, 3.8) is 0 Å². The van der Waals surface area contributed by atoms with E-state index in [1.54, 1.807) is 7.11 Å². The van der Waals surface area contributed by atoms with Gasteiger partial charge in [-0.15, -0.1) is 0 Å². The van der Waals surface area contributed by atoms with Crippen molar-refractivity contribution < 1.29 is 4.74 Å². The second-order valence-corrected chi connectivity index (χ2v) is 7.47. The molecule has 3 heteroatoms. The Labute approximate surface area is 139 Å². The topological polar surface area (TPSA) is 15.7 Å². The van der Waals surface area contributed by atoms with Crippen LogP contribution in [0.15, 0.2) is 36.4 Å². The number of piperazine rings is 1. The largest absolute Gasteiger partial charge is 0.497 e. The lowest BCUT2D eigenvalue weighted by molar-refractivity contribution is 0.108. The van der Waals surface area contributed by atoms with Gasteiger partial charge in [0, 0.05) is 39.3 Å². The second-order valence-electron chi connectivity index (χ2n) is 7.47. The molecule has 0 spiro atoms. The highest BCUT2D eigenvalue weighted by molar-refractivity contribution is 5.28. The maximum atomic E-state index is 5.33. The molecule has 2 fully saturated rings. The zero-order chi connectivity index (χ0) is 15.6. The van der Waals surface area contributed by atoms with Gasteiger partial charge < -0.3 is 9.64 Å². The summed E-state index contributed by atoms with van der Waals surface area (Å²) in [6.07, 6.45) is 7.80. The number of ether oxygens (including phenoxy) is 1. The first-order chi connectivity index (χ1) is 11.3. The van der Waals surface area contributed by atoms with Crippen LogP contribution in [0.1, 0.15) is 18.4 Å². The molecule has 0 radical (unpaired) electrons. The molecule has 1 aromatic carbocycles. The van der Waals surface area contributed by atoms with Crippen LogP contribution >= 0.6 is 0 Å². The van der Waals surface area contributed by atoms with E-state index < -0.39 is 0 Å². The van der Waals surface area contributed by atoms with Crippen molar-refractivity contribution in [1.82, 2.24) is 9.80 Å². The van der Waals surface area contributed by atoms with Gasteiger partial charge in [-0.2, -0.15) is 0 Å². The number of hydrogen-bond donors (Lipinski definition) is 0. The first kappa shape index (κ1) is 15.2. The highest BCUT2D eigenvalue weighted by Crippen LogP contribution is 2.43. The second kappa shape index (κ2) is 6.66. The number of rotatable bonds is 5. The quantitative estimate of drug-likeness (QED) is 0.777. The van der Waals surface area contributed by atoms with Gasteiger partial charge in [-0.25, -0.2) is 0 Å². The van der Waals surface area contributed by atoms with Crippen molar-refractivity contribution in [2.24, 2.45) is 17.8 Å². The molecule has 1 aromatic rings. The van der Waals surface area contributed by atoms with Gasteiger partial charge in [-0.05, 0) is 48.3 Å². The molecule has 1 saturated carbocycles. The predicted molar refractivity (Wildman–Crippen MR) is 93.6 cm³/mol. The third kappa shape index (κ3) is 3.46. The maximum absolute atomic E-state index is 5.33. The van der Waals surface area contributed by atoms with Gasteiger partial charge in [0.15, 0.2) is 0 Å². The average Bonchev–Trinajstić information content (AvgIpc) is 3.20. The van der Waals surface area contributed by atoms with Gasteiger partial charge in [0.05, 0.1) is 7.11 Å². The molecule has 0 amide bonds. The van der Waals surface area contributed by atoms with Crippen molar-refractivity contribution in [3.05, 3.63) is 42.0 Å². The minimum Gasteiger partial charge on any atom is -0.497 e. The van der Waals surface area contributed by atoms with E-state index in [1.165, 1.54) is 51.1 Å². The number of fused-ring (bicyclic) bond motifs is 2. The van der Waals surface area contributed by atoms with Crippen LogP contribution in [0.3, 0.4) is 0 Å². The Morgan fingerprint density at radius 1 is 1.04 bits per heavy atom. The molecule has 3 atom stereocenters. The summed E-state index contributed by atoms with van der Waals surface area (Å²) in [6.45, 7) is 7.19. The molecule has 3 nitrogen and oxygen atoms in total. The van der Waals surface area contributed by atoms with Gasteiger partial charge in [0.1, 0.15) is 5.75 Å². The van der Waals surface area contributed by atoms with Crippen LogP contribution in [0.2, 0.25) is 0 Å². The molecule has 1 saturated heterocycles. The number of allylic oxidation sites excluding steroid dienone is 2. The summed E-state index contributed by atoms with van der Waals surface area (Å²) in [5.74, 6) is 3.68. The summed E-state index contributed by atoms with van der Waals surface area (Å²) in [5.41, 5.74) is 1.36. The number of hydrogen-bond acceptors (Lipinski definition) is 3. The Hall–Kier alpha value is -1.32. The Bertz CT molecular complexity index is 563. The fourth-order valence-electron chi connectivity index (χ4n) is 4.60. The van der Waals surface area contributed by atoms with Crippen LogP contribution < -0.4 is 4.74 Å². The van der Waals surface area contributed by atoms with Gasteiger partial charge in [0.25, 0.3) is 0 Å². The van der Waals surface area contributed by atoms with E-state index in [2.05, 4.69) is 40.2 Å². The minimum atomic E-state index is 0.884. The molecule has 0 aromatic heterocycles. The van der Waals surface area contributed by atoms with E-state index in [1.807, 2.05) is 6.07 Å². The Balaban J connectivity index is 1.25. The van der Waals surface area contributed by atoms with Gasteiger partial charge in [-0.1, -0.05) is 24.3 Å². The van der Waals surface area contributed by atoms with Crippen LogP contribution in [-0.4, -0.2) is 49.6 Å². The first-order valence-electron chi connectivity index (χ1n) is 9.06. The van der Waals surface area contributed by atoms with Crippen LogP contribution in [-0.2, 0) is 6.54 Å². The van der Waals surface area contributed by atoms with E-state index in [4.69, 9.17) is 4.74 Å². The third-order valence-electron chi connectivity index (χ3n) is 5.91. The highest BCUT2D eigenvalue weighted by Gasteiger charge is 2.36. The van der Waals surface area contributed by atoms with Crippen LogP contribution in [0.4, 0.5) is 0 Å². The van der Waals surface area contributed by atoms with Crippen molar-refractivity contribution in [1.29, 1.82) is 0 Å². The summed E-state index contributed by atoms with van der Waals surface area (Å²) in [4.78, 5) is 5.27. The molecular weight excluding hydrogens is 284 g/mol. The molecule has 1 aliphatic heterocycles. The Morgan fingerprint density at radius 2 is 1.87 bits per heavy atom. The molecule has 2 bridgehead atoms. The molecule has 23 heavy (non-hydrogen) atoms. The molecule has 2 aliphatic carbocycles. The summed E-state index contributed by atoms with van der Waals surface area (Å²) >= 11 is 0. The fourth-order valence-corrected chi connectivity index (χ4v) is 4.60. The van der Waals surface area contributed by atoms with Crippen molar-refractivity contribution in [2.45, 2.75) is 19.4 Å². The molecule has 4 rings (SSSR count). The van der Waals surface area contributed by atoms with Crippen molar-refractivity contribution >= 4 is 0 Å². The van der Waals surface area contributed by atoms with Crippen molar-refractivity contribution in [3.8, 4) is 5.75 Å². The summed E-state index contributed by atoms with van der Waals surface area (Å²) in [7, 11) is 1.74. The number of nitrogens with zero attached hydrogens (tertiary/aromatic N) is 2. The van der Waals surface area contributed by atoms with E-state index in [9.17, 15) is 0 Å². The van der Waals surface area contributed by atoms with Gasteiger partial charge >= 0.3 is 0 Å². The SMILES string of the molecule is COc1cccc(CN2CCN(C[C@H]3C[C@H]4C=C[C@H]3C4)CC2)c1. The van der Waals surface area contributed by atoms with E-state index in [0.29, 0.717) is 0 Å². The summed E-state index contributed by atoms with van der Waals surface area (Å²) in [6, 6.07) is 8.47. The third-order valence-corrected chi connectivity index (χ3v) is 5.91. The number of benzene rings is 1. The molecule has 124 valence electrons. The van der Waals surface area contributed by atoms with E-state index >= 15 is 0 Å². The van der Waals surface area contributed by atoms with E-state index in [0.717, 1.165) is 30.0 Å². The lowest BCUT2D eigenvalue weighted by Gasteiger charge is -2.37. The number of methoxy groups -OCH3 is 1. The smallest absolute Gasteiger partial charge is 0.119 e. The van der Waals surface area contributed by atoms with E-state index in [-0.39, 0.29) is 0 Å². The lowest BCUT2D eigenvalue weighted by Crippen LogP contribution is -2.47. The Morgan fingerprint density at radius 3 is 2.57 bits per heavy atom. The fraction of sp³-hybridized carbons (Fsp3) is 0.600. The summed E-state index contributed by atoms with van der Waals surface area (Å²) in [5, 5.41) is 0. The normalized spacial score (nSPS) is 30.9. The predicted octanol–water partition coefficient (Wildman–Crippen LogP) is 3.03. The van der Waals surface area contributed by atoms with Gasteiger partial charge in [0.2, 0.25) is 0 Å². The lowest BCUT2D eigenvalue weighted by atomic mass is 9.93. The summed E-state index contributed by atoms with van der Waals surface area (Å²) < 4.78 is 5.33. The monoisotopic (exact) mass is 312 g/mol. The van der Waals surface area contributed by atoms with Gasteiger partial charge in [-0.3, -0.25) is 4.90 Å². The zero-order valence-corrected chi connectivity index (χ0v) is 14.2. The average molecular weight is 312 g/mol. The molecular formula is C20H28N2O. The molecule has 0 unspecified atom stereocenters. The van der Waals surface area contributed by atoms with Crippen molar-refractivity contribution in [2.75, 3.05) is 39.8 Å². The molecule has 1 heterocycles. The van der Waals surface area contributed by atoms with Crippen LogP contribution in [0.5, 0.6) is 5.75 Å². The highest BCUT2D eigenvalue weighted by atomic mass is 16.5. The molecule has 0 N–H and O–H groups in total. The first-order valence-corrected chi connectivity index (χ1v) is 9.06.